The van der Waals surface area contributed by atoms with Gasteiger partial charge in [-0.05, 0) is 42.6 Å². The Bertz CT molecular complexity index is 737. The van der Waals surface area contributed by atoms with Gasteiger partial charge in [0.05, 0.1) is 25.9 Å². The summed E-state index contributed by atoms with van der Waals surface area (Å²) in [6, 6.07) is 18.7. The molecule has 0 radical (unpaired) electrons. The second-order valence-electron chi connectivity index (χ2n) is 9.59. The fourth-order valence-corrected chi connectivity index (χ4v) is 4.02. The van der Waals surface area contributed by atoms with Gasteiger partial charge in [-0.15, -0.1) is 0 Å². The zero-order chi connectivity index (χ0) is 21.5. The highest BCUT2D eigenvalue weighted by Gasteiger charge is 2.38. The first-order chi connectivity index (χ1) is 13.6. The summed E-state index contributed by atoms with van der Waals surface area (Å²) < 4.78 is 12.3. The van der Waals surface area contributed by atoms with Crippen molar-refractivity contribution < 1.29 is 14.3 Å². The molecule has 0 saturated heterocycles. The smallest absolute Gasteiger partial charge is 0.192 e. The Morgan fingerprint density at radius 2 is 1.59 bits per heavy atom. The molecule has 0 fully saturated rings. The summed E-state index contributed by atoms with van der Waals surface area (Å²) in [4.78, 5) is 0. The number of aliphatic hydroxyl groups is 1. The average Bonchev–Trinajstić information content (AvgIpc) is 2.65. The SMILES string of the molecule is Cc1cccc(C[C@H](COCc2ccccc2)[C@@H](O)CO[Si](C)(C)C(C)(C)C)c1. The van der Waals surface area contributed by atoms with Crippen LogP contribution < -0.4 is 0 Å². The molecular weight excluding hydrogens is 376 g/mol. The third-order valence-electron chi connectivity index (χ3n) is 5.99. The van der Waals surface area contributed by atoms with E-state index in [-0.39, 0.29) is 11.0 Å². The molecular formula is C25H38O3Si. The number of rotatable bonds is 10. The molecule has 0 aromatic heterocycles. The number of benzene rings is 2. The van der Waals surface area contributed by atoms with Crippen LogP contribution in [0.5, 0.6) is 0 Å². The van der Waals surface area contributed by atoms with Gasteiger partial charge in [0.15, 0.2) is 8.32 Å². The molecule has 2 aromatic rings. The highest BCUT2D eigenvalue weighted by atomic mass is 28.4. The molecule has 29 heavy (non-hydrogen) atoms. The zero-order valence-electron chi connectivity index (χ0n) is 18.9. The predicted molar refractivity (Wildman–Crippen MR) is 124 cm³/mol. The van der Waals surface area contributed by atoms with Gasteiger partial charge in [0, 0.05) is 5.92 Å². The molecule has 0 aliphatic rings. The zero-order valence-corrected chi connectivity index (χ0v) is 19.9. The molecule has 0 unspecified atom stereocenters. The number of hydrogen-bond donors (Lipinski definition) is 1. The standard InChI is InChI=1S/C25H38O3Si/c1-20-11-10-14-22(15-20)16-23(18-27-17-21-12-8-7-9-13-21)24(26)19-28-29(5,6)25(2,3)4/h7-15,23-24,26H,16-19H2,1-6H3/t23-,24+/m1/s1. The fraction of sp³-hybridized carbons (Fsp3) is 0.520. The van der Waals surface area contributed by atoms with Crippen LogP contribution in [0.2, 0.25) is 18.1 Å². The van der Waals surface area contributed by atoms with E-state index in [0.717, 1.165) is 12.0 Å². The summed E-state index contributed by atoms with van der Waals surface area (Å²) in [7, 11) is -1.90. The van der Waals surface area contributed by atoms with Crippen molar-refractivity contribution in [3.63, 3.8) is 0 Å². The number of aryl methyl sites for hydroxylation is 1. The Morgan fingerprint density at radius 3 is 2.21 bits per heavy atom. The first-order valence-corrected chi connectivity index (χ1v) is 13.5. The Hall–Kier alpha value is -1.46. The van der Waals surface area contributed by atoms with Crippen LogP contribution >= 0.6 is 0 Å². The normalized spacial score (nSPS) is 14.6. The summed E-state index contributed by atoms with van der Waals surface area (Å²) in [5.74, 6) is -0.00900. The quantitative estimate of drug-likeness (QED) is 0.503. The minimum absolute atomic E-state index is 0.00900. The van der Waals surface area contributed by atoms with Crippen molar-refractivity contribution in [2.24, 2.45) is 5.92 Å². The Kier molecular flexibility index (Phi) is 8.65. The molecule has 0 saturated carbocycles. The molecule has 1 N–H and O–H groups in total. The van der Waals surface area contributed by atoms with Gasteiger partial charge in [0.1, 0.15) is 0 Å². The van der Waals surface area contributed by atoms with Crippen LogP contribution in [0, 0.1) is 12.8 Å². The van der Waals surface area contributed by atoms with Gasteiger partial charge in [-0.25, -0.2) is 0 Å². The van der Waals surface area contributed by atoms with Gasteiger partial charge in [0.25, 0.3) is 0 Å². The second-order valence-corrected chi connectivity index (χ2v) is 14.4. The lowest BCUT2D eigenvalue weighted by Gasteiger charge is -2.37. The van der Waals surface area contributed by atoms with Crippen molar-refractivity contribution in [3.05, 3.63) is 71.3 Å². The van der Waals surface area contributed by atoms with Crippen molar-refractivity contribution in [2.45, 2.75) is 65.0 Å². The van der Waals surface area contributed by atoms with Crippen molar-refractivity contribution in [3.8, 4) is 0 Å². The third kappa shape index (κ3) is 7.70. The van der Waals surface area contributed by atoms with E-state index in [4.69, 9.17) is 9.16 Å². The first-order valence-electron chi connectivity index (χ1n) is 10.6. The van der Waals surface area contributed by atoms with E-state index in [2.05, 4.69) is 77.2 Å². The summed E-state index contributed by atoms with van der Waals surface area (Å²) in [5.41, 5.74) is 3.61. The van der Waals surface area contributed by atoms with Gasteiger partial charge in [0.2, 0.25) is 0 Å². The van der Waals surface area contributed by atoms with E-state index >= 15 is 0 Å². The van der Waals surface area contributed by atoms with Gasteiger partial charge >= 0.3 is 0 Å². The summed E-state index contributed by atoms with van der Waals surface area (Å²) in [6.07, 6.45) is 0.221. The maximum atomic E-state index is 11.0. The minimum atomic E-state index is -1.90. The maximum absolute atomic E-state index is 11.0. The van der Waals surface area contributed by atoms with E-state index in [1.54, 1.807) is 0 Å². The molecule has 0 aliphatic carbocycles. The highest BCUT2D eigenvalue weighted by molar-refractivity contribution is 6.74. The van der Waals surface area contributed by atoms with Crippen molar-refractivity contribution in [1.82, 2.24) is 0 Å². The molecule has 0 amide bonds. The first kappa shape index (κ1) is 23.8. The van der Waals surface area contributed by atoms with Crippen LogP contribution in [0.4, 0.5) is 0 Å². The van der Waals surface area contributed by atoms with Gasteiger partial charge in [-0.2, -0.15) is 0 Å². The highest BCUT2D eigenvalue weighted by Crippen LogP contribution is 2.36. The molecule has 160 valence electrons. The Morgan fingerprint density at radius 1 is 0.931 bits per heavy atom. The minimum Gasteiger partial charge on any atom is -0.414 e. The molecule has 0 spiro atoms. The average molecular weight is 415 g/mol. The van der Waals surface area contributed by atoms with Crippen LogP contribution in [0.3, 0.4) is 0 Å². The summed E-state index contributed by atoms with van der Waals surface area (Å²) in [5, 5.41) is 11.1. The molecule has 2 rings (SSSR count). The fourth-order valence-electron chi connectivity index (χ4n) is 3.00. The predicted octanol–water partition coefficient (Wildman–Crippen LogP) is 5.75. The van der Waals surface area contributed by atoms with Crippen LogP contribution in [-0.4, -0.2) is 32.7 Å². The van der Waals surface area contributed by atoms with Crippen molar-refractivity contribution in [1.29, 1.82) is 0 Å². The molecule has 0 heterocycles. The molecule has 2 atom stereocenters. The maximum Gasteiger partial charge on any atom is 0.192 e. The van der Waals surface area contributed by atoms with E-state index in [1.165, 1.54) is 11.1 Å². The Balaban J connectivity index is 2.02. The van der Waals surface area contributed by atoms with E-state index in [0.29, 0.717) is 19.8 Å². The van der Waals surface area contributed by atoms with Gasteiger partial charge in [-0.1, -0.05) is 80.9 Å². The van der Waals surface area contributed by atoms with Crippen LogP contribution in [0.15, 0.2) is 54.6 Å². The Labute approximate surface area is 178 Å². The molecule has 2 aromatic carbocycles. The topological polar surface area (TPSA) is 38.7 Å². The van der Waals surface area contributed by atoms with E-state index < -0.39 is 14.4 Å². The van der Waals surface area contributed by atoms with E-state index in [1.807, 2.05) is 18.2 Å². The van der Waals surface area contributed by atoms with Crippen molar-refractivity contribution >= 4 is 8.32 Å². The molecule has 4 heteroatoms. The largest absolute Gasteiger partial charge is 0.414 e. The molecule has 0 aliphatic heterocycles. The molecule has 0 bridgehead atoms. The van der Waals surface area contributed by atoms with Gasteiger partial charge < -0.3 is 14.3 Å². The number of hydrogen-bond acceptors (Lipinski definition) is 3. The third-order valence-corrected chi connectivity index (χ3v) is 10.5. The van der Waals surface area contributed by atoms with Crippen LogP contribution in [-0.2, 0) is 22.2 Å². The lowest BCUT2D eigenvalue weighted by Crippen LogP contribution is -2.44. The summed E-state index contributed by atoms with van der Waals surface area (Å²) >= 11 is 0. The lowest BCUT2D eigenvalue weighted by atomic mass is 9.94. The monoisotopic (exact) mass is 414 g/mol. The summed E-state index contributed by atoms with van der Waals surface area (Å²) in [6.45, 7) is 14.6. The molecule has 3 nitrogen and oxygen atoms in total. The van der Waals surface area contributed by atoms with Crippen LogP contribution in [0.1, 0.15) is 37.5 Å². The number of ether oxygens (including phenoxy) is 1. The lowest BCUT2D eigenvalue weighted by molar-refractivity contribution is -0.00258. The van der Waals surface area contributed by atoms with Gasteiger partial charge in [-0.3, -0.25) is 0 Å². The van der Waals surface area contributed by atoms with Crippen molar-refractivity contribution in [2.75, 3.05) is 13.2 Å². The van der Waals surface area contributed by atoms with E-state index in [9.17, 15) is 5.11 Å². The van der Waals surface area contributed by atoms with Crippen LogP contribution in [0.25, 0.3) is 0 Å². The second kappa shape index (κ2) is 10.5. The number of aliphatic hydroxyl groups excluding tert-OH is 1.